The third kappa shape index (κ3) is 8.84. The van der Waals surface area contributed by atoms with E-state index in [0.717, 1.165) is 0 Å². The summed E-state index contributed by atoms with van der Waals surface area (Å²) < 4.78 is 0. The Morgan fingerprint density at radius 3 is 1.75 bits per heavy atom. The largest absolute Gasteiger partial charge is 0.226 e. The zero-order valence-corrected chi connectivity index (χ0v) is 8.26. The van der Waals surface area contributed by atoms with Crippen LogP contribution in [0.5, 0.6) is 0 Å². The van der Waals surface area contributed by atoms with E-state index in [1.807, 2.05) is 4.86 Å². The Labute approximate surface area is 68.0 Å². The normalized spacial score (nSPS) is 3.50. The van der Waals surface area contributed by atoms with Crippen LogP contribution in [0.3, 0.4) is 0 Å². The van der Waals surface area contributed by atoms with Crippen molar-refractivity contribution >= 4 is 36.3 Å². The van der Waals surface area contributed by atoms with E-state index in [4.69, 9.17) is 0 Å². The van der Waals surface area contributed by atoms with Crippen LogP contribution in [-0.4, -0.2) is 4.86 Å². The molecule has 20 valence electrons. The summed E-state index contributed by atoms with van der Waals surface area (Å²) in [6.45, 7) is 0. The van der Waals surface area contributed by atoms with Gasteiger partial charge in [-0.25, -0.2) is 0 Å². The smallest absolute Gasteiger partial charge is 0.165 e. The minimum atomic E-state index is 0. The van der Waals surface area contributed by atoms with Crippen LogP contribution in [0.25, 0.3) is 0 Å². The fourth-order valence-corrected chi connectivity index (χ4v) is 0. The van der Waals surface area contributed by atoms with Gasteiger partial charge in [-0.1, -0.05) is 0 Å². The van der Waals surface area contributed by atoms with Gasteiger partial charge in [0.1, 0.15) is 0 Å². The molecule has 0 aromatic heterocycles. The third-order valence-electron chi connectivity index (χ3n) is 0. The van der Waals surface area contributed by atoms with Gasteiger partial charge in [0.25, 0.3) is 0 Å². The molecule has 0 aliphatic heterocycles. The van der Waals surface area contributed by atoms with Gasteiger partial charge in [0.15, 0.2) is 0 Å². The molecule has 2 radical (unpaired) electrons. The Kier molecular flexibility index (Phi) is 21.6. The second-order valence-corrected chi connectivity index (χ2v) is 2.54. The maximum Gasteiger partial charge on any atom is 0.226 e. The zero-order valence-electron chi connectivity index (χ0n) is 2.11. The topological polar surface area (TPSA) is 0 Å². The predicted octanol–water partition coefficient (Wildman–Crippen LogP) is 0.828. The molecule has 0 aliphatic rings. The molecule has 0 nitrogen and oxygen atoms in total. The van der Waals surface area contributed by atoms with Crippen molar-refractivity contribution in [2.45, 2.75) is 0 Å². The molecule has 0 saturated carbocycles. The summed E-state index contributed by atoms with van der Waals surface area (Å²) in [6, 6.07) is 0. The van der Waals surface area contributed by atoms with Crippen LogP contribution in [-0.2, 0) is 32.7 Å². The maximum atomic E-state index is 2.44. The van der Waals surface area contributed by atoms with Crippen LogP contribution in [0.1, 0.15) is 0 Å². The number of rotatable bonds is 0. The van der Waals surface area contributed by atoms with Crippen molar-refractivity contribution < 1.29 is 32.7 Å². The van der Waals surface area contributed by atoms with Crippen molar-refractivity contribution in [3.05, 3.63) is 0 Å². The minimum Gasteiger partial charge on any atom is -0.165 e. The summed E-state index contributed by atoms with van der Waals surface area (Å²) in [5.41, 5.74) is 0. The van der Waals surface area contributed by atoms with E-state index in [2.05, 4.69) is 31.5 Å². The summed E-state index contributed by atoms with van der Waals surface area (Å²) in [6.07, 6.45) is 0. The van der Waals surface area contributed by atoms with E-state index in [0.29, 0.717) is 0 Å². The summed E-state index contributed by atoms with van der Waals surface area (Å²) in [5, 5.41) is 0. The second kappa shape index (κ2) is 9.01. The van der Waals surface area contributed by atoms with E-state index in [1.54, 1.807) is 0 Å². The molecule has 0 aromatic rings. The van der Waals surface area contributed by atoms with Crippen molar-refractivity contribution in [1.29, 1.82) is 0 Å². The minimum absolute atomic E-state index is 0. The Balaban J connectivity index is 0. The zero-order chi connectivity index (χ0) is 2.71. The standard InChI is InChI=1S/BH2IP.Y/c2-1-3;/h3H2;. The van der Waals surface area contributed by atoms with Gasteiger partial charge in [0.05, 0.1) is 0 Å². The van der Waals surface area contributed by atoms with Gasteiger partial charge in [-0.15, -0.1) is 0 Å². The van der Waals surface area contributed by atoms with E-state index in [1.165, 1.54) is 0 Å². The molecule has 0 bridgehead atoms. The third-order valence-corrected chi connectivity index (χ3v) is 0. The molecule has 0 aromatic carbocycles. The SMILES string of the molecule is P[B]I.[Y]. The van der Waals surface area contributed by atoms with Gasteiger partial charge >= 0.3 is 0 Å². The first-order valence-electron chi connectivity index (χ1n) is 0.552. The van der Waals surface area contributed by atoms with Crippen LogP contribution in [0.15, 0.2) is 0 Å². The summed E-state index contributed by atoms with van der Waals surface area (Å²) in [4.78, 5) is 1.89. The van der Waals surface area contributed by atoms with Crippen molar-refractivity contribution in [3.8, 4) is 0 Å². The molecule has 0 aliphatic carbocycles. The van der Waals surface area contributed by atoms with E-state index in [9.17, 15) is 0 Å². The molecule has 0 spiro atoms. The van der Waals surface area contributed by atoms with Crippen LogP contribution in [0, 0.1) is 0 Å². The quantitative estimate of drug-likeness (QED) is 0.343. The second-order valence-electron chi connectivity index (χ2n) is 0.126. The van der Waals surface area contributed by atoms with Gasteiger partial charge < -0.3 is 0 Å². The summed E-state index contributed by atoms with van der Waals surface area (Å²) in [7, 11) is 2.44. The fourth-order valence-electron chi connectivity index (χ4n) is 0. The Bertz CT molecular complexity index is 8.00. The average Bonchev–Trinajstić information content (AvgIpc) is 0.918. The Morgan fingerprint density at radius 2 is 1.75 bits per heavy atom. The molecule has 0 N–H and O–H groups in total. The van der Waals surface area contributed by atoms with Gasteiger partial charge in [-0.05, 0) is 0 Å². The summed E-state index contributed by atoms with van der Waals surface area (Å²) in [5.74, 6) is 0. The Hall–Kier alpha value is 2.33. The van der Waals surface area contributed by atoms with Crippen LogP contribution < -0.4 is 0 Å². The fraction of sp³-hybridized carbons (Fsp3) is 0. The first kappa shape index (κ1) is 9.59. The van der Waals surface area contributed by atoms with E-state index >= 15 is 0 Å². The van der Waals surface area contributed by atoms with Crippen LogP contribution >= 0.6 is 31.5 Å². The van der Waals surface area contributed by atoms with Gasteiger partial charge in [-0.2, -0.15) is 31.5 Å². The number of hydrogen-bond acceptors (Lipinski definition) is 0. The van der Waals surface area contributed by atoms with Crippen molar-refractivity contribution in [2.75, 3.05) is 0 Å². The molecule has 1 atom stereocenters. The predicted molar refractivity (Wildman–Crippen MR) is 29.5 cm³/mol. The maximum absolute atomic E-state index is 2.44. The van der Waals surface area contributed by atoms with Crippen LogP contribution in [0.4, 0.5) is 0 Å². The first-order chi connectivity index (χ1) is 1.41. The molecule has 0 fully saturated rings. The average molecular weight is 260 g/mol. The van der Waals surface area contributed by atoms with Crippen LogP contribution in [0.2, 0.25) is 0 Å². The van der Waals surface area contributed by atoms with Crippen molar-refractivity contribution in [3.63, 3.8) is 0 Å². The van der Waals surface area contributed by atoms with E-state index < -0.39 is 0 Å². The van der Waals surface area contributed by atoms with E-state index in [-0.39, 0.29) is 32.7 Å². The molecular weight excluding hydrogens is 258 g/mol. The molecular formula is H2BIPY. The molecule has 1 unspecified atom stereocenters. The number of halogens is 1. The van der Waals surface area contributed by atoms with Crippen molar-refractivity contribution in [1.82, 2.24) is 0 Å². The van der Waals surface area contributed by atoms with Crippen molar-refractivity contribution in [2.24, 2.45) is 0 Å². The van der Waals surface area contributed by atoms with Gasteiger partial charge in [-0.3, -0.25) is 0 Å². The molecule has 0 amide bonds. The molecule has 0 heterocycles. The Morgan fingerprint density at radius 1 is 1.75 bits per heavy atom. The molecule has 0 saturated heterocycles. The molecule has 4 heavy (non-hydrogen) atoms. The van der Waals surface area contributed by atoms with Gasteiger partial charge in [0.2, 0.25) is 4.86 Å². The van der Waals surface area contributed by atoms with Gasteiger partial charge in [0, 0.05) is 32.7 Å². The summed E-state index contributed by atoms with van der Waals surface area (Å²) >= 11 is 2.13. The number of hydrogen-bond donors (Lipinski definition) is 0. The monoisotopic (exact) mass is 260 g/mol. The molecule has 0 rings (SSSR count). The first-order valence-corrected chi connectivity index (χ1v) is 2.46. The molecule has 4 heteroatoms.